The predicted octanol–water partition coefficient (Wildman–Crippen LogP) is 2.03. The van der Waals surface area contributed by atoms with Gasteiger partial charge in [0.1, 0.15) is 0 Å². The second-order valence-electron chi connectivity index (χ2n) is 7.40. The van der Waals surface area contributed by atoms with Gasteiger partial charge in [0.2, 0.25) is 5.91 Å². The summed E-state index contributed by atoms with van der Waals surface area (Å²) in [5.74, 6) is -0.145. The van der Waals surface area contributed by atoms with E-state index in [1.54, 1.807) is 12.1 Å². The number of carbonyl (C=O) groups excluding carboxylic acids is 2. The number of benzene rings is 2. The molecule has 1 heterocycles. The van der Waals surface area contributed by atoms with Gasteiger partial charge in [-0.25, -0.2) is 5.01 Å². The maximum absolute atomic E-state index is 13.0. The number of rotatable bonds is 10. The van der Waals surface area contributed by atoms with Gasteiger partial charge in [0, 0.05) is 38.9 Å². The molecule has 0 radical (unpaired) electrons. The van der Waals surface area contributed by atoms with Gasteiger partial charge in [0.15, 0.2) is 0 Å². The summed E-state index contributed by atoms with van der Waals surface area (Å²) in [6.07, 6.45) is 0. The van der Waals surface area contributed by atoms with Crippen LogP contribution in [0.25, 0.3) is 0 Å². The number of hydrogen-bond acceptors (Lipinski definition) is 5. The van der Waals surface area contributed by atoms with Crippen LogP contribution in [0.1, 0.15) is 18.1 Å². The van der Waals surface area contributed by atoms with Crippen LogP contribution in [0, 0.1) is 0 Å². The van der Waals surface area contributed by atoms with E-state index in [0.29, 0.717) is 19.6 Å². The smallest absolute Gasteiger partial charge is 0.256 e. The van der Waals surface area contributed by atoms with Crippen molar-refractivity contribution in [2.24, 2.45) is 0 Å². The lowest BCUT2D eigenvalue weighted by Gasteiger charge is -2.31. The van der Waals surface area contributed by atoms with Crippen molar-refractivity contribution in [3.63, 3.8) is 0 Å². The first-order chi connectivity index (χ1) is 14.6. The molecule has 1 aliphatic heterocycles. The van der Waals surface area contributed by atoms with Crippen molar-refractivity contribution in [3.05, 3.63) is 65.7 Å². The standard InChI is InChI=1S/C23H31N5O2.ClH/c1-3-24-13-14-25-22(29)17-27(21-11-5-4-6-12-21)18-23(30)26(2)28-15-19-9-7-8-10-20(19)16-28;/h4-12,24H,3,13-18H2,1-2H3,(H,25,29);1H. The molecule has 0 fully saturated rings. The van der Waals surface area contributed by atoms with Gasteiger partial charge in [0.05, 0.1) is 13.1 Å². The zero-order valence-corrected chi connectivity index (χ0v) is 19.0. The molecule has 31 heavy (non-hydrogen) atoms. The molecule has 8 heteroatoms. The number of halogens is 1. The predicted molar refractivity (Wildman–Crippen MR) is 126 cm³/mol. The van der Waals surface area contributed by atoms with Gasteiger partial charge in [-0.15, -0.1) is 12.4 Å². The third-order valence-electron chi connectivity index (χ3n) is 5.27. The van der Waals surface area contributed by atoms with E-state index in [0.717, 1.165) is 18.8 Å². The molecule has 7 nitrogen and oxygen atoms in total. The largest absolute Gasteiger partial charge is 0.353 e. The van der Waals surface area contributed by atoms with Crippen LogP contribution in [0.5, 0.6) is 0 Å². The third kappa shape index (κ3) is 6.95. The monoisotopic (exact) mass is 445 g/mol. The summed E-state index contributed by atoms with van der Waals surface area (Å²) < 4.78 is 0. The Kier molecular flexibility index (Phi) is 9.78. The molecule has 0 saturated carbocycles. The van der Waals surface area contributed by atoms with E-state index in [4.69, 9.17) is 0 Å². The number of amides is 2. The SMILES string of the molecule is CCNCCNC(=O)CN(CC(=O)N(C)N1Cc2ccccc2C1)c1ccccc1.Cl. The van der Waals surface area contributed by atoms with E-state index >= 15 is 0 Å². The highest BCUT2D eigenvalue weighted by atomic mass is 35.5. The van der Waals surface area contributed by atoms with Gasteiger partial charge in [-0.2, -0.15) is 0 Å². The summed E-state index contributed by atoms with van der Waals surface area (Å²) in [5, 5.41) is 9.80. The van der Waals surface area contributed by atoms with Crippen LogP contribution in [0.3, 0.4) is 0 Å². The molecular formula is C23H32ClN5O2. The highest BCUT2D eigenvalue weighted by Crippen LogP contribution is 2.23. The second-order valence-corrected chi connectivity index (χ2v) is 7.40. The fraction of sp³-hybridized carbons (Fsp3) is 0.391. The number of hydrazine groups is 1. The fourth-order valence-corrected chi connectivity index (χ4v) is 3.52. The Hall–Kier alpha value is -2.61. The molecule has 1 aliphatic rings. The molecule has 0 atom stereocenters. The Labute approximate surface area is 190 Å². The summed E-state index contributed by atoms with van der Waals surface area (Å²) in [7, 11) is 1.80. The Morgan fingerprint density at radius 3 is 2.16 bits per heavy atom. The number of likely N-dealkylation sites (N-methyl/N-ethyl adjacent to an activating group) is 2. The number of nitrogens with zero attached hydrogens (tertiary/aromatic N) is 3. The van der Waals surface area contributed by atoms with Crippen LogP contribution in [0.2, 0.25) is 0 Å². The van der Waals surface area contributed by atoms with Crippen LogP contribution in [0.4, 0.5) is 5.69 Å². The first-order valence-corrected chi connectivity index (χ1v) is 10.4. The summed E-state index contributed by atoms with van der Waals surface area (Å²) in [6.45, 7) is 5.89. The van der Waals surface area contributed by atoms with E-state index in [9.17, 15) is 9.59 Å². The number of carbonyl (C=O) groups is 2. The Balaban J connectivity index is 0.00000341. The van der Waals surface area contributed by atoms with Crippen molar-refractivity contribution in [2.45, 2.75) is 20.0 Å². The Morgan fingerprint density at radius 1 is 0.935 bits per heavy atom. The van der Waals surface area contributed by atoms with Gasteiger partial charge < -0.3 is 15.5 Å². The molecular weight excluding hydrogens is 414 g/mol. The number of para-hydroxylation sites is 1. The second kappa shape index (κ2) is 12.3. The first-order valence-electron chi connectivity index (χ1n) is 10.4. The van der Waals surface area contributed by atoms with Gasteiger partial charge in [-0.05, 0) is 29.8 Å². The van der Waals surface area contributed by atoms with Crippen molar-refractivity contribution in [2.75, 3.05) is 44.7 Å². The molecule has 0 aliphatic carbocycles. The van der Waals surface area contributed by atoms with Crippen molar-refractivity contribution < 1.29 is 9.59 Å². The highest BCUT2D eigenvalue weighted by molar-refractivity contribution is 5.86. The minimum Gasteiger partial charge on any atom is -0.353 e. The number of fused-ring (bicyclic) bond motifs is 1. The van der Waals surface area contributed by atoms with Crippen molar-refractivity contribution >= 4 is 29.9 Å². The molecule has 0 spiro atoms. The topological polar surface area (TPSA) is 67.9 Å². The molecule has 0 saturated heterocycles. The third-order valence-corrected chi connectivity index (χ3v) is 5.27. The van der Waals surface area contributed by atoms with Crippen LogP contribution in [-0.2, 0) is 22.7 Å². The Bertz CT molecular complexity index is 824. The van der Waals surface area contributed by atoms with Crippen LogP contribution in [0.15, 0.2) is 54.6 Å². The average molecular weight is 446 g/mol. The maximum Gasteiger partial charge on any atom is 0.256 e. The van der Waals surface area contributed by atoms with E-state index < -0.39 is 0 Å². The zero-order valence-electron chi connectivity index (χ0n) is 18.2. The molecule has 2 N–H and O–H groups in total. The van der Waals surface area contributed by atoms with Crippen molar-refractivity contribution in [1.29, 1.82) is 0 Å². The summed E-state index contributed by atoms with van der Waals surface area (Å²) >= 11 is 0. The lowest BCUT2D eigenvalue weighted by Crippen LogP contribution is -2.48. The molecule has 2 amide bonds. The minimum atomic E-state index is -0.0965. The van der Waals surface area contributed by atoms with E-state index in [1.165, 1.54) is 11.1 Å². The number of hydrogen-bond donors (Lipinski definition) is 2. The van der Waals surface area contributed by atoms with Gasteiger partial charge in [-0.1, -0.05) is 49.4 Å². The molecule has 0 bridgehead atoms. The zero-order chi connectivity index (χ0) is 21.3. The lowest BCUT2D eigenvalue weighted by molar-refractivity contribution is -0.145. The summed E-state index contributed by atoms with van der Waals surface area (Å²) in [5.41, 5.74) is 3.35. The van der Waals surface area contributed by atoms with E-state index in [2.05, 4.69) is 22.8 Å². The van der Waals surface area contributed by atoms with E-state index in [1.807, 2.05) is 59.3 Å². The number of anilines is 1. The average Bonchev–Trinajstić information content (AvgIpc) is 3.20. The van der Waals surface area contributed by atoms with Crippen molar-refractivity contribution in [3.8, 4) is 0 Å². The van der Waals surface area contributed by atoms with Crippen molar-refractivity contribution in [1.82, 2.24) is 20.7 Å². The number of nitrogens with one attached hydrogen (secondary N) is 2. The van der Waals surface area contributed by atoms with Gasteiger partial charge in [-0.3, -0.25) is 14.6 Å². The molecule has 0 aromatic heterocycles. The first kappa shape index (κ1) is 24.7. The van der Waals surface area contributed by atoms with E-state index in [-0.39, 0.29) is 37.3 Å². The van der Waals surface area contributed by atoms with Gasteiger partial charge >= 0.3 is 0 Å². The molecule has 0 unspecified atom stereocenters. The molecule has 2 aromatic carbocycles. The van der Waals surface area contributed by atoms with Crippen LogP contribution < -0.4 is 15.5 Å². The summed E-state index contributed by atoms with van der Waals surface area (Å²) in [4.78, 5) is 27.3. The molecule has 2 aromatic rings. The molecule has 3 rings (SSSR count). The fourth-order valence-electron chi connectivity index (χ4n) is 3.52. The van der Waals surface area contributed by atoms with Crippen LogP contribution >= 0.6 is 12.4 Å². The lowest BCUT2D eigenvalue weighted by atomic mass is 10.1. The van der Waals surface area contributed by atoms with Gasteiger partial charge in [0.25, 0.3) is 5.91 Å². The normalized spacial score (nSPS) is 12.6. The minimum absolute atomic E-state index is 0. The summed E-state index contributed by atoms with van der Waals surface area (Å²) in [6, 6.07) is 17.8. The quantitative estimate of drug-likeness (QED) is 0.548. The molecule has 168 valence electrons. The highest BCUT2D eigenvalue weighted by Gasteiger charge is 2.26. The van der Waals surface area contributed by atoms with Crippen LogP contribution in [-0.4, -0.2) is 61.6 Å². The Morgan fingerprint density at radius 2 is 1.55 bits per heavy atom. The maximum atomic E-state index is 13.0.